The first-order valence-corrected chi connectivity index (χ1v) is 5.27. The van der Waals surface area contributed by atoms with Gasteiger partial charge in [0.1, 0.15) is 5.54 Å². The molecule has 16 heavy (non-hydrogen) atoms. The third-order valence-electron chi connectivity index (χ3n) is 1.99. The maximum atomic E-state index is 11.6. The van der Waals surface area contributed by atoms with Crippen LogP contribution in [0.5, 0.6) is 0 Å². The molecule has 0 bridgehead atoms. The predicted molar refractivity (Wildman–Crippen MR) is 63.0 cm³/mol. The molecule has 0 radical (unpaired) electrons. The summed E-state index contributed by atoms with van der Waals surface area (Å²) in [5.74, 6) is -0.186. The SMILES string of the molecule is CC(C)(C#N)NC(=O)Cc1cccc(Cl)c1. The Bertz CT molecular complexity index is 435. The van der Waals surface area contributed by atoms with E-state index in [9.17, 15) is 4.79 Å². The molecular weight excluding hydrogens is 224 g/mol. The summed E-state index contributed by atoms with van der Waals surface area (Å²) in [5, 5.41) is 12.0. The molecule has 1 amide bonds. The molecule has 0 saturated carbocycles. The number of benzene rings is 1. The van der Waals surface area contributed by atoms with Crippen LogP contribution in [0.25, 0.3) is 0 Å². The van der Waals surface area contributed by atoms with Crippen molar-refractivity contribution < 1.29 is 4.79 Å². The second-order valence-corrected chi connectivity index (χ2v) is 4.53. The highest BCUT2D eigenvalue weighted by Gasteiger charge is 2.19. The number of rotatable bonds is 3. The lowest BCUT2D eigenvalue weighted by atomic mass is 10.1. The van der Waals surface area contributed by atoms with Crippen molar-refractivity contribution in [3.8, 4) is 6.07 Å². The van der Waals surface area contributed by atoms with Gasteiger partial charge >= 0.3 is 0 Å². The lowest BCUT2D eigenvalue weighted by Crippen LogP contribution is -2.42. The van der Waals surface area contributed by atoms with E-state index in [4.69, 9.17) is 16.9 Å². The van der Waals surface area contributed by atoms with Crippen LogP contribution in [0.1, 0.15) is 19.4 Å². The highest BCUT2D eigenvalue weighted by molar-refractivity contribution is 6.30. The average Bonchev–Trinajstić information content (AvgIpc) is 2.16. The van der Waals surface area contributed by atoms with Gasteiger partial charge in [0.15, 0.2) is 0 Å². The number of carbonyl (C=O) groups excluding carboxylic acids is 1. The third kappa shape index (κ3) is 3.92. The van der Waals surface area contributed by atoms with Crippen molar-refractivity contribution in [2.75, 3.05) is 0 Å². The molecule has 0 aromatic heterocycles. The van der Waals surface area contributed by atoms with Gasteiger partial charge in [0.25, 0.3) is 0 Å². The maximum Gasteiger partial charge on any atom is 0.225 e. The molecule has 1 aromatic rings. The molecule has 0 saturated heterocycles. The van der Waals surface area contributed by atoms with Crippen LogP contribution in [0.2, 0.25) is 5.02 Å². The van der Waals surface area contributed by atoms with Crippen molar-refractivity contribution in [3.63, 3.8) is 0 Å². The highest BCUT2D eigenvalue weighted by Crippen LogP contribution is 2.11. The molecule has 3 nitrogen and oxygen atoms in total. The fraction of sp³-hybridized carbons (Fsp3) is 0.333. The van der Waals surface area contributed by atoms with Gasteiger partial charge in [0.2, 0.25) is 5.91 Å². The summed E-state index contributed by atoms with van der Waals surface area (Å²) in [5.41, 5.74) is -0.00547. The van der Waals surface area contributed by atoms with Crippen molar-refractivity contribution in [3.05, 3.63) is 34.9 Å². The number of amides is 1. The molecule has 0 unspecified atom stereocenters. The Kier molecular flexibility index (Phi) is 3.92. The molecule has 4 heteroatoms. The number of nitrogens with one attached hydrogen (secondary N) is 1. The minimum Gasteiger partial charge on any atom is -0.338 e. The van der Waals surface area contributed by atoms with Crippen molar-refractivity contribution in [1.82, 2.24) is 5.32 Å². The number of halogens is 1. The van der Waals surface area contributed by atoms with Crippen LogP contribution in [0.15, 0.2) is 24.3 Å². The first-order valence-electron chi connectivity index (χ1n) is 4.90. The Hall–Kier alpha value is -1.53. The summed E-state index contributed by atoms with van der Waals surface area (Å²) in [6, 6.07) is 9.12. The summed E-state index contributed by atoms with van der Waals surface area (Å²) in [6.07, 6.45) is 0.228. The number of hydrogen-bond acceptors (Lipinski definition) is 2. The molecule has 0 aliphatic heterocycles. The van der Waals surface area contributed by atoms with Crippen LogP contribution < -0.4 is 5.32 Å². The fourth-order valence-corrected chi connectivity index (χ4v) is 1.47. The molecule has 1 N–H and O–H groups in total. The van der Waals surface area contributed by atoms with Crippen LogP contribution in [-0.2, 0) is 11.2 Å². The van der Waals surface area contributed by atoms with Crippen LogP contribution in [-0.4, -0.2) is 11.4 Å². The van der Waals surface area contributed by atoms with Gasteiger partial charge in [0, 0.05) is 5.02 Å². The molecule has 0 aliphatic carbocycles. The van der Waals surface area contributed by atoms with E-state index in [1.54, 1.807) is 32.0 Å². The van der Waals surface area contributed by atoms with Crippen molar-refractivity contribution in [2.24, 2.45) is 0 Å². The van der Waals surface area contributed by atoms with Gasteiger partial charge in [-0.1, -0.05) is 23.7 Å². The van der Waals surface area contributed by atoms with Crippen molar-refractivity contribution >= 4 is 17.5 Å². The minimum absolute atomic E-state index is 0.186. The number of nitrogens with zero attached hydrogens (tertiary/aromatic N) is 1. The van der Waals surface area contributed by atoms with Gasteiger partial charge in [0.05, 0.1) is 12.5 Å². The second-order valence-electron chi connectivity index (χ2n) is 4.09. The molecule has 0 atom stereocenters. The normalized spacial score (nSPS) is 10.6. The van der Waals surface area contributed by atoms with E-state index in [0.29, 0.717) is 5.02 Å². The highest BCUT2D eigenvalue weighted by atomic mass is 35.5. The Labute approximate surface area is 100 Å². The average molecular weight is 237 g/mol. The summed E-state index contributed by atoms with van der Waals surface area (Å²) < 4.78 is 0. The lowest BCUT2D eigenvalue weighted by Gasteiger charge is -2.17. The molecule has 1 rings (SSSR count). The van der Waals surface area contributed by atoms with Crippen LogP contribution >= 0.6 is 11.6 Å². The van der Waals surface area contributed by atoms with Gasteiger partial charge in [-0.2, -0.15) is 5.26 Å². The molecule has 84 valence electrons. The molecule has 0 aliphatic rings. The van der Waals surface area contributed by atoms with E-state index >= 15 is 0 Å². The van der Waals surface area contributed by atoms with E-state index in [1.165, 1.54) is 0 Å². The zero-order valence-electron chi connectivity index (χ0n) is 9.25. The Morgan fingerprint density at radius 3 is 2.81 bits per heavy atom. The van der Waals surface area contributed by atoms with Crippen LogP contribution in [0.4, 0.5) is 0 Å². The largest absolute Gasteiger partial charge is 0.338 e. The summed E-state index contributed by atoms with van der Waals surface area (Å²) >= 11 is 5.80. The van der Waals surface area contributed by atoms with Gasteiger partial charge < -0.3 is 5.32 Å². The van der Waals surface area contributed by atoms with Crippen molar-refractivity contribution in [2.45, 2.75) is 25.8 Å². The molecular formula is C12H13ClN2O. The first-order chi connectivity index (χ1) is 7.43. The van der Waals surface area contributed by atoms with Gasteiger partial charge in [-0.15, -0.1) is 0 Å². The predicted octanol–water partition coefficient (Wildman–Crippen LogP) is 2.30. The zero-order chi connectivity index (χ0) is 12.2. The fourth-order valence-electron chi connectivity index (χ4n) is 1.25. The van der Waals surface area contributed by atoms with Gasteiger partial charge in [-0.3, -0.25) is 4.79 Å². The summed E-state index contributed by atoms with van der Waals surface area (Å²) in [7, 11) is 0. The van der Waals surface area contributed by atoms with Crippen LogP contribution in [0, 0.1) is 11.3 Å². The Morgan fingerprint density at radius 1 is 1.56 bits per heavy atom. The number of nitriles is 1. The van der Waals surface area contributed by atoms with Crippen molar-refractivity contribution in [1.29, 1.82) is 5.26 Å². The second kappa shape index (κ2) is 5.00. The quantitative estimate of drug-likeness (QED) is 0.876. The summed E-state index contributed by atoms with van der Waals surface area (Å²) in [6.45, 7) is 3.31. The maximum absolute atomic E-state index is 11.6. The molecule has 0 fully saturated rings. The Balaban J connectivity index is 2.63. The lowest BCUT2D eigenvalue weighted by molar-refractivity contribution is -0.121. The van der Waals surface area contributed by atoms with E-state index < -0.39 is 5.54 Å². The standard InChI is InChI=1S/C12H13ClN2O/c1-12(2,8-14)15-11(16)7-9-4-3-5-10(13)6-9/h3-6H,7H2,1-2H3,(H,15,16). The zero-order valence-corrected chi connectivity index (χ0v) is 10.0. The monoisotopic (exact) mass is 236 g/mol. The first kappa shape index (κ1) is 12.5. The van der Waals surface area contributed by atoms with E-state index in [2.05, 4.69) is 5.32 Å². The van der Waals surface area contributed by atoms with E-state index in [0.717, 1.165) is 5.56 Å². The number of hydrogen-bond donors (Lipinski definition) is 1. The van der Waals surface area contributed by atoms with E-state index in [1.807, 2.05) is 12.1 Å². The van der Waals surface area contributed by atoms with Gasteiger partial charge in [-0.25, -0.2) is 0 Å². The number of carbonyl (C=O) groups is 1. The molecule has 0 heterocycles. The molecule has 1 aromatic carbocycles. The smallest absolute Gasteiger partial charge is 0.225 e. The van der Waals surface area contributed by atoms with E-state index in [-0.39, 0.29) is 12.3 Å². The third-order valence-corrected chi connectivity index (χ3v) is 2.22. The topological polar surface area (TPSA) is 52.9 Å². The minimum atomic E-state index is -0.838. The Morgan fingerprint density at radius 2 is 2.25 bits per heavy atom. The molecule has 0 spiro atoms. The summed E-state index contributed by atoms with van der Waals surface area (Å²) in [4.78, 5) is 11.6. The van der Waals surface area contributed by atoms with Crippen LogP contribution in [0.3, 0.4) is 0 Å². The van der Waals surface area contributed by atoms with Gasteiger partial charge in [-0.05, 0) is 31.5 Å².